The molecule has 1 saturated carbocycles. The van der Waals surface area contributed by atoms with Crippen LogP contribution >= 0.6 is 38.9 Å². The summed E-state index contributed by atoms with van der Waals surface area (Å²) in [5.74, 6) is -3.80. The number of thiophene rings is 1. The lowest BCUT2D eigenvalue weighted by Gasteiger charge is -2.49. The van der Waals surface area contributed by atoms with Gasteiger partial charge in [0.15, 0.2) is 11.5 Å². The number of nitrogens with zero attached hydrogens (tertiary/aromatic N) is 4. The van der Waals surface area contributed by atoms with Gasteiger partial charge in [0.1, 0.15) is 11.5 Å². The molecular formula is C36H32BrClN4O6S. The van der Waals surface area contributed by atoms with Gasteiger partial charge in [0, 0.05) is 35.8 Å². The molecule has 2 aliphatic carbocycles. The standard InChI is InChI=1S/C36H32BrClN4O6S/c1-15-20-12-17(38)6-9-26(20)49-31(15)24-14-27(41(4)39-24)42-33(45)22-13-21-18(7-8-19-28(21)34(46)40(3)32(19)44)29(36(22,2)35(42)47)16-10-23(37)30(43)25(11-16)48-5/h6-7,9-12,14,19,21-22,28-29,43H,8,13H2,1-5H3. The molecule has 0 bridgehead atoms. The first-order chi connectivity index (χ1) is 23.3. The Bertz CT molecular complexity index is 2210. The number of carbonyl (C=O) groups is 4. The molecule has 0 radical (unpaired) electrons. The van der Waals surface area contributed by atoms with Crippen LogP contribution in [0.15, 0.2) is 52.5 Å². The number of phenolic OH excluding ortho intramolecular Hbond substituents is 1. The van der Waals surface area contributed by atoms with Crippen molar-refractivity contribution in [2.75, 3.05) is 19.1 Å². The molecule has 4 aliphatic rings. The number of carbonyl (C=O) groups excluding carboxylic acids is 4. The van der Waals surface area contributed by atoms with Crippen LogP contribution in [0, 0.1) is 36.0 Å². The fourth-order valence-electron chi connectivity index (χ4n) is 8.90. The number of phenols is 1. The number of halogens is 2. The number of anilines is 1. The Kier molecular flexibility index (Phi) is 7.23. The van der Waals surface area contributed by atoms with Crippen LogP contribution in [0.4, 0.5) is 5.82 Å². The molecule has 2 saturated heterocycles. The smallest absolute Gasteiger partial charge is 0.242 e. The number of fused-ring (bicyclic) bond motifs is 5. The van der Waals surface area contributed by atoms with Crippen molar-refractivity contribution >= 4 is 78.4 Å². The molecule has 49 heavy (non-hydrogen) atoms. The Labute approximate surface area is 299 Å². The maximum absolute atomic E-state index is 15.0. The van der Waals surface area contributed by atoms with Crippen LogP contribution < -0.4 is 9.64 Å². The van der Waals surface area contributed by atoms with E-state index in [1.807, 2.05) is 38.1 Å². The van der Waals surface area contributed by atoms with Gasteiger partial charge in [0.05, 0.1) is 39.6 Å². The summed E-state index contributed by atoms with van der Waals surface area (Å²) in [6, 6.07) is 10.9. The van der Waals surface area contributed by atoms with Crippen LogP contribution in [-0.2, 0) is 26.2 Å². The van der Waals surface area contributed by atoms with Gasteiger partial charge < -0.3 is 9.84 Å². The predicted octanol–water partition coefficient (Wildman–Crippen LogP) is 6.60. The van der Waals surface area contributed by atoms with Gasteiger partial charge in [0.2, 0.25) is 23.6 Å². The second-order valence-electron chi connectivity index (χ2n) is 13.7. The summed E-state index contributed by atoms with van der Waals surface area (Å²) >= 11 is 11.3. The van der Waals surface area contributed by atoms with Gasteiger partial charge in [0.25, 0.3) is 0 Å². The van der Waals surface area contributed by atoms with Crippen LogP contribution in [-0.4, -0.2) is 57.6 Å². The normalized spacial score (nSPS) is 27.9. The molecule has 8 rings (SSSR count). The third-order valence-electron chi connectivity index (χ3n) is 11.3. The molecule has 6 unspecified atom stereocenters. The highest BCUT2D eigenvalue weighted by Gasteiger charge is 2.67. The average Bonchev–Trinajstić information content (AvgIpc) is 3.73. The third kappa shape index (κ3) is 4.32. The molecule has 3 fully saturated rings. The van der Waals surface area contributed by atoms with Gasteiger partial charge in [-0.3, -0.25) is 28.8 Å². The number of ether oxygens (including phenoxy) is 1. The van der Waals surface area contributed by atoms with Crippen molar-refractivity contribution in [3.05, 3.63) is 68.7 Å². The van der Waals surface area contributed by atoms with E-state index >= 15 is 0 Å². The Morgan fingerprint density at radius 3 is 2.55 bits per heavy atom. The minimum atomic E-state index is -1.26. The first-order valence-corrected chi connectivity index (χ1v) is 18.0. The topological polar surface area (TPSA) is 122 Å². The molecule has 4 amide bonds. The minimum Gasteiger partial charge on any atom is -0.503 e. The van der Waals surface area contributed by atoms with Crippen molar-refractivity contribution in [3.63, 3.8) is 0 Å². The Hall–Kier alpha value is -4.00. The summed E-state index contributed by atoms with van der Waals surface area (Å²) in [4.78, 5) is 59.7. The number of imide groups is 2. The average molecular weight is 764 g/mol. The molecule has 2 aromatic heterocycles. The van der Waals surface area contributed by atoms with E-state index in [1.165, 1.54) is 24.0 Å². The maximum Gasteiger partial charge on any atom is 0.242 e. The highest BCUT2D eigenvalue weighted by molar-refractivity contribution is 9.10. The van der Waals surface area contributed by atoms with Crippen molar-refractivity contribution in [1.82, 2.24) is 14.7 Å². The maximum atomic E-state index is 15.0. The quantitative estimate of drug-likeness (QED) is 0.184. The van der Waals surface area contributed by atoms with Crippen LogP contribution in [0.1, 0.15) is 36.8 Å². The molecule has 4 aromatic rings. The van der Waals surface area contributed by atoms with E-state index in [4.69, 9.17) is 21.4 Å². The van der Waals surface area contributed by atoms with Gasteiger partial charge in [-0.25, -0.2) is 4.90 Å². The number of benzene rings is 2. The summed E-state index contributed by atoms with van der Waals surface area (Å²) in [5.41, 5.74) is 1.88. The highest BCUT2D eigenvalue weighted by Crippen LogP contribution is 2.64. The fraction of sp³-hybridized carbons (Fsp3) is 0.361. The zero-order valence-electron chi connectivity index (χ0n) is 27.3. The fourth-order valence-corrected chi connectivity index (χ4v) is 10.7. The van der Waals surface area contributed by atoms with Gasteiger partial charge in [-0.2, -0.15) is 5.10 Å². The number of hydrogen-bond donors (Lipinski definition) is 1. The second-order valence-corrected chi connectivity index (χ2v) is 16.0. The number of hydrogen-bond acceptors (Lipinski definition) is 8. The molecule has 0 spiro atoms. The van der Waals surface area contributed by atoms with E-state index < -0.39 is 35.0 Å². The molecular weight excluding hydrogens is 732 g/mol. The van der Waals surface area contributed by atoms with E-state index in [-0.39, 0.29) is 41.5 Å². The Morgan fingerprint density at radius 1 is 1.06 bits per heavy atom. The van der Waals surface area contributed by atoms with Gasteiger partial charge in [-0.15, -0.1) is 11.3 Å². The summed E-state index contributed by atoms with van der Waals surface area (Å²) < 4.78 is 8.49. The monoisotopic (exact) mass is 762 g/mol. The van der Waals surface area contributed by atoms with E-state index in [1.54, 1.807) is 41.3 Å². The van der Waals surface area contributed by atoms with E-state index in [0.717, 1.165) is 26.1 Å². The molecule has 2 aromatic carbocycles. The Balaban J connectivity index is 1.28. The van der Waals surface area contributed by atoms with Crippen LogP contribution in [0.3, 0.4) is 0 Å². The lowest BCUT2D eigenvalue weighted by atomic mass is 9.51. The minimum absolute atomic E-state index is 0.0899. The van der Waals surface area contributed by atoms with E-state index in [0.29, 0.717) is 33.0 Å². The molecule has 4 heterocycles. The van der Waals surface area contributed by atoms with Crippen LogP contribution in [0.2, 0.25) is 5.02 Å². The lowest BCUT2D eigenvalue weighted by molar-refractivity contribution is -0.138. The van der Waals surface area contributed by atoms with Gasteiger partial charge >= 0.3 is 0 Å². The summed E-state index contributed by atoms with van der Waals surface area (Å²) in [6.07, 6.45) is 2.59. The molecule has 1 N–H and O–H groups in total. The number of rotatable bonds is 4. The van der Waals surface area contributed by atoms with E-state index in [9.17, 15) is 24.3 Å². The van der Waals surface area contributed by atoms with Crippen molar-refractivity contribution in [1.29, 1.82) is 0 Å². The molecule has 6 atom stereocenters. The second kappa shape index (κ2) is 11.0. The number of allylic oxidation sites excluding steroid dienone is 2. The van der Waals surface area contributed by atoms with Crippen molar-refractivity contribution in [3.8, 4) is 22.1 Å². The van der Waals surface area contributed by atoms with Crippen molar-refractivity contribution < 1.29 is 29.0 Å². The highest BCUT2D eigenvalue weighted by atomic mass is 79.9. The molecule has 13 heteroatoms. The summed E-state index contributed by atoms with van der Waals surface area (Å²) in [7, 11) is 4.67. The van der Waals surface area contributed by atoms with Crippen LogP contribution in [0.25, 0.3) is 20.7 Å². The third-order valence-corrected chi connectivity index (χ3v) is 13.4. The number of aromatic hydroxyl groups is 1. The predicted molar refractivity (Wildman–Crippen MR) is 189 cm³/mol. The number of likely N-dealkylation sites (tertiary alicyclic amines) is 1. The number of aryl methyl sites for hydroxylation is 2. The molecule has 10 nitrogen and oxygen atoms in total. The zero-order chi connectivity index (χ0) is 34.8. The van der Waals surface area contributed by atoms with Crippen LogP contribution in [0.5, 0.6) is 11.5 Å². The SMILES string of the molecule is COc1cc(C2C3=CCC4C(=O)N(C)C(=O)C4C3CC3C(=O)N(c4cc(-c5sc6ccc(Cl)cc6c5C)nn4C)C(=O)C32C)cc(Br)c1O. The van der Waals surface area contributed by atoms with Gasteiger partial charge in [-0.1, -0.05) is 23.3 Å². The lowest BCUT2D eigenvalue weighted by Crippen LogP contribution is -2.48. The van der Waals surface area contributed by atoms with E-state index in [2.05, 4.69) is 15.9 Å². The first kappa shape index (κ1) is 32.2. The summed E-state index contributed by atoms with van der Waals surface area (Å²) in [5, 5.41) is 17.1. The van der Waals surface area contributed by atoms with Crippen molar-refractivity contribution in [2.45, 2.75) is 32.6 Å². The summed E-state index contributed by atoms with van der Waals surface area (Å²) in [6.45, 7) is 3.83. The molecule has 2 aliphatic heterocycles. The first-order valence-electron chi connectivity index (χ1n) is 16.0. The Morgan fingerprint density at radius 2 is 1.82 bits per heavy atom. The van der Waals surface area contributed by atoms with Gasteiger partial charge in [-0.05, 0) is 95.4 Å². The van der Waals surface area contributed by atoms with Crippen molar-refractivity contribution in [2.24, 2.45) is 36.1 Å². The number of methoxy groups -OCH3 is 1. The largest absolute Gasteiger partial charge is 0.503 e. The number of aromatic nitrogens is 2. The number of amides is 4. The zero-order valence-corrected chi connectivity index (χ0v) is 30.4. The molecule has 252 valence electrons.